The van der Waals surface area contributed by atoms with E-state index in [0.29, 0.717) is 0 Å². The molecule has 0 saturated carbocycles. The third kappa shape index (κ3) is 2.04. The van der Waals surface area contributed by atoms with Gasteiger partial charge in [-0.05, 0) is 0 Å². The van der Waals surface area contributed by atoms with Crippen molar-refractivity contribution in [3.63, 3.8) is 0 Å². The molecule has 1 aromatic rings. The second kappa shape index (κ2) is 3.91. The van der Waals surface area contributed by atoms with Gasteiger partial charge in [-0.1, -0.05) is 0 Å². The first-order chi connectivity index (χ1) is 8.03. The van der Waals surface area contributed by atoms with Crippen LogP contribution < -0.4 is 0 Å². The van der Waals surface area contributed by atoms with Crippen LogP contribution in [0.3, 0.4) is 0 Å². The van der Waals surface area contributed by atoms with Gasteiger partial charge >= 0.3 is 115 Å². The Morgan fingerprint density at radius 3 is 1.78 bits per heavy atom. The number of amides is 1. The fraction of sp³-hybridized carbons (Fsp3) is 0.600. The predicted octanol–water partition coefficient (Wildman–Crippen LogP) is 3.30. The molecule has 3 heteroatoms. The Morgan fingerprint density at radius 2 is 1.33 bits per heavy atom. The van der Waals surface area contributed by atoms with Crippen molar-refractivity contribution in [3.05, 3.63) is 20.0 Å². The second-order valence-corrected chi connectivity index (χ2v) is 9.15. The molecule has 0 radical (unpaired) electrons. The van der Waals surface area contributed by atoms with E-state index in [0.717, 1.165) is 16.8 Å². The molecule has 0 saturated heterocycles. The van der Waals surface area contributed by atoms with E-state index in [4.69, 9.17) is 0 Å². The van der Waals surface area contributed by atoms with Crippen LogP contribution in [0.2, 0.25) is 0 Å². The summed E-state index contributed by atoms with van der Waals surface area (Å²) >= 11 is 0.286. The van der Waals surface area contributed by atoms with Crippen LogP contribution in [-0.2, 0) is 10.8 Å². The van der Waals surface area contributed by atoms with Crippen molar-refractivity contribution in [1.82, 2.24) is 0 Å². The molecule has 0 bridgehead atoms. The first-order valence-corrected chi connectivity index (χ1v) is 8.02. The maximum absolute atomic E-state index is 12.1. The number of carbonyl (C=O) groups is 1. The fourth-order valence-corrected chi connectivity index (χ4v) is 5.36. The quantitative estimate of drug-likeness (QED) is 0.676. The molecule has 1 aromatic heterocycles. The summed E-state index contributed by atoms with van der Waals surface area (Å²) in [5.74, 6) is -0.0199. The van der Waals surface area contributed by atoms with Gasteiger partial charge in [-0.3, -0.25) is 0 Å². The zero-order valence-electron chi connectivity index (χ0n) is 12.3. The van der Waals surface area contributed by atoms with Gasteiger partial charge in [-0.25, -0.2) is 0 Å². The molecule has 0 unspecified atom stereocenters. The van der Waals surface area contributed by atoms with Crippen molar-refractivity contribution in [1.29, 1.82) is 0 Å². The zero-order valence-corrected chi connectivity index (χ0v) is 14.0. The predicted molar refractivity (Wildman–Crippen MR) is 77.3 cm³/mol. The Kier molecular flexibility index (Phi) is 2.99. The standard InChI is InChI=1S/C15H21NOSe/c1-8-9-10(13(17)16-8)12(15(5,6)7)18-11(9)14(2,3)4/h1-7H3. The van der Waals surface area contributed by atoms with Gasteiger partial charge in [-0.15, -0.1) is 0 Å². The van der Waals surface area contributed by atoms with Gasteiger partial charge in [0.25, 0.3) is 0 Å². The van der Waals surface area contributed by atoms with E-state index in [1.807, 2.05) is 6.92 Å². The summed E-state index contributed by atoms with van der Waals surface area (Å²) in [6, 6.07) is 0. The maximum atomic E-state index is 12.1. The molecule has 0 spiro atoms. The van der Waals surface area contributed by atoms with E-state index in [1.165, 1.54) is 8.87 Å². The van der Waals surface area contributed by atoms with Crippen LogP contribution in [0.5, 0.6) is 0 Å². The van der Waals surface area contributed by atoms with Crippen molar-refractivity contribution in [2.75, 3.05) is 0 Å². The van der Waals surface area contributed by atoms with Gasteiger partial charge in [0.05, 0.1) is 0 Å². The van der Waals surface area contributed by atoms with Crippen molar-refractivity contribution in [2.45, 2.75) is 59.3 Å². The molecule has 98 valence electrons. The van der Waals surface area contributed by atoms with Gasteiger partial charge in [0.1, 0.15) is 0 Å². The Balaban J connectivity index is 2.79. The summed E-state index contributed by atoms with van der Waals surface area (Å²) in [5, 5.41) is 0. The Hall–Kier alpha value is -0.661. The van der Waals surface area contributed by atoms with E-state index in [9.17, 15) is 4.79 Å². The normalized spacial score (nSPS) is 15.9. The van der Waals surface area contributed by atoms with E-state index in [-0.39, 0.29) is 31.2 Å². The minimum atomic E-state index is -0.0199. The molecule has 2 heterocycles. The van der Waals surface area contributed by atoms with E-state index < -0.39 is 0 Å². The molecule has 1 amide bonds. The average Bonchev–Trinajstić information content (AvgIpc) is 2.64. The molecule has 2 nitrogen and oxygen atoms in total. The molecule has 0 fully saturated rings. The molecular weight excluding hydrogens is 289 g/mol. The van der Waals surface area contributed by atoms with Crippen LogP contribution in [0, 0.1) is 0 Å². The van der Waals surface area contributed by atoms with Gasteiger partial charge in [0.15, 0.2) is 0 Å². The van der Waals surface area contributed by atoms with Crippen LogP contribution in [-0.4, -0.2) is 26.1 Å². The van der Waals surface area contributed by atoms with Crippen molar-refractivity contribution in [2.24, 2.45) is 4.99 Å². The minimum absolute atomic E-state index is 0.0199. The Bertz CT molecular complexity index is 550. The van der Waals surface area contributed by atoms with Crippen molar-refractivity contribution in [3.8, 4) is 0 Å². The van der Waals surface area contributed by atoms with Gasteiger partial charge in [0.2, 0.25) is 0 Å². The van der Waals surface area contributed by atoms with Crippen LogP contribution in [0.4, 0.5) is 0 Å². The summed E-state index contributed by atoms with van der Waals surface area (Å²) in [4.78, 5) is 16.3. The Labute approximate surface area is 115 Å². The van der Waals surface area contributed by atoms with Gasteiger partial charge < -0.3 is 0 Å². The topological polar surface area (TPSA) is 29.4 Å². The fourth-order valence-electron chi connectivity index (χ4n) is 2.30. The first kappa shape index (κ1) is 13.8. The molecule has 18 heavy (non-hydrogen) atoms. The molecule has 0 aliphatic carbocycles. The number of rotatable bonds is 0. The Morgan fingerprint density at radius 1 is 0.889 bits per heavy atom. The monoisotopic (exact) mass is 311 g/mol. The van der Waals surface area contributed by atoms with Crippen molar-refractivity contribution >= 4 is 26.1 Å². The van der Waals surface area contributed by atoms with Crippen LogP contribution >= 0.6 is 0 Å². The van der Waals surface area contributed by atoms with Gasteiger partial charge in [-0.2, -0.15) is 0 Å². The number of fused-ring (bicyclic) bond motifs is 1. The van der Waals surface area contributed by atoms with Crippen LogP contribution in [0.25, 0.3) is 0 Å². The number of nitrogens with zero attached hydrogens (tertiary/aromatic N) is 1. The average molecular weight is 310 g/mol. The molecular formula is C15H21NOSe. The number of aliphatic imine (C=N–C) groups is 1. The third-order valence-electron chi connectivity index (χ3n) is 3.12. The van der Waals surface area contributed by atoms with E-state index in [2.05, 4.69) is 46.5 Å². The summed E-state index contributed by atoms with van der Waals surface area (Å²) in [7, 11) is 0. The molecule has 0 N–H and O–H groups in total. The second-order valence-electron chi connectivity index (χ2n) is 7.01. The molecule has 1 aliphatic rings. The summed E-state index contributed by atoms with van der Waals surface area (Å²) in [6.45, 7) is 15.3. The van der Waals surface area contributed by atoms with Gasteiger partial charge in [0, 0.05) is 0 Å². The summed E-state index contributed by atoms with van der Waals surface area (Å²) in [5.41, 5.74) is 3.18. The number of carbonyl (C=O) groups excluding carboxylic acids is 1. The molecule has 0 atom stereocenters. The third-order valence-corrected chi connectivity index (χ3v) is 7.40. The summed E-state index contributed by atoms with van der Waals surface area (Å²) < 4.78 is 2.75. The molecule has 1 aliphatic heterocycles. The summed E-state index contributed by atoms with van der Waals surface area (Å²) in [6.07, 6.45) is 0. The number of hydrogen-bond donors (Lipinski definition) is 0. The van der Waals surface area contributed by atoms with Crippen LogP contribution in [0.15, 0.2) is 4.99 Å². The first-order valence-electron chi connectivity index (χ1n) is 6.31. The molecule has 2 rings (SSSR count). The van der Waals surface area contributed by atoms with E-state index in [1.54, 1.807) is 0 Å². The van der Waals surface area contributed by atoms with E-state index >= 15 is 0 Å². The molecule has 0 aromatic carbocycles. The van der Waals surface area contributed by atoms with Crippen molar-refractivity contribution < 1.29 is 4.79 Å². The SMILES string of the molecule is CC1=NC(=O)c2c(C(C)(C)C)[se]c(C(C)(C)C)c21. The zero-order chi connectivity index (χ0) is 13.9. The number of hydrogen-bond acceptors (Lipinski definition) is 1. The van der Waals surface area contributed by atoms with Crippen LogP contribution in [0.1, 0.15) is 73.3 Å².